The minimum absolute atomic E-state index is 0.259. The zero-order chi connectivity index (χ0) is 15.4. The van der Waals surface area contributed by atoms with Crippen molar-refractivity contribution in [1.82, 2.24) is 0 Å². The first kappa shape index (κ1) is 15.1. The van der Waals surface area contributed by atoms with Crippen LogP contribution >= 0.6 is 0 Å². The molecule has 2 rings (SSSR count). The summed E-state index contributed by atoms with van der Waals surface area (Å²) in [6.07, 6.45) is 0. The van der Waals surface area contributed by atoms with Gasteiger partial charge in [-0.15, -0.1) is 0 Å². The van der Waals surface area contributed by atoms with E-state index in [9.17, 15) is 4.79 Å². The molecule has 0 atom stereocenters. The van der Waals surface area contributed by atoms with Gasteiger partial charge in [0.25, 0.3) is 0 Å². The third-order valence-electron chi connectivity index (χ3n) is 3.62. The molecule has 0 unspecified atom stereocenters. The topological polar surface area (TPSA) is 35.5 Å². The first-order valence-electron chi connectivity index (χ1n) is 6.99. The van der Waals surface area contributed by atoms with Crippen LogP contribution in [-0.2, 0) is 9.53 Å². The molecule has 0 saturated carbocycles. The van der Waals surface area contributed by atoms with Crippen molar-refractivity contribution in [3.8, 4) is 5.75 Å². The molecule has 0 bridgehead atoms. The monoisotopic (exact) mass is 284 g/mol. The van der Waals surface area contributed by atoms with E-state index in [-0.39, 0.29) is 5.97 Å². The van der Waals surface area contributed by atoms with Crippen molar-refractivity contribution in [2.75, 3.05) is 13.7 Å². The van der Waals surface area contributed by atoms with Gasteiger partial charge in [-0.2, -0.15) is 0 Å². The summed E-state index contributed by atoms with van der Waals surface area (Å²) in [6, 6.07) is 12.1. The largest absolute Gasteiger partial charge is 0.497 e. The maximum absolute atomic E-state index is 11.8. The van der Waals surface area contributed by atoms with Gasteiger partial charge in [-0.3, -0.25) is 0 Å². The van der Waals surface area contributed by atoms with Gasteiger partial charge >= 0.3 is 5.97 Å². The number of carbonyl (C=O) groups is 1. The summed E-state index contributed by atoms with van der Waals surface area (Å²) >= 11 is 0. The van der Waals surface area contributed by atoms with Crippen molar-refractivity contribution < 1.29 is 14.3 Å². The van der Waals surface area contributed by atoms with E-state index in [1.54, 1.807) is 14.0 Å². The summed E-state index contributed by atoms with van der Waals surface area (Å²) in [7, 11) is 1.66. The van der Waals surface area contributed by atoms with E-state index in [1.807, 2.05) is 44.2 Å². The molecule has 0 saturated heterocycles. The van der Waals surface area contributed by atoms with E-state index in [4.69, 9.17) is 9.47 Å². The smallest absolute Gasteiger partial charge is 0.333 e. The Morgan fingerprint density at radius 3 is 2.38 bits per heavy atom. The third-order valence-corrected chi connectivity index (χ3v) is 3.62. The van der Waals surface area contributed by atoms with Crippen LogP contribution in [-0.4, -0.2) is 19.7 Å². The highest BCUT2D eigenvalue weighted by Gasteiger charge is 2.10. The summed E-state index contributed by atoms with van der Waals surface area (Å²) in [5.41, 5.74) is 2.61. The highest BCUT2D eigenvalue weighted by atomic mass is 16.5. The van der Waals surface area contributed by atoms with Crippen molar-refractivity contribution in [2.45, 2.75) is 20.8 Å². The number of methoxy groups -OCH3 is 1. The molecular weight excluding hydrogens is 264 g/mol. The number of allylic oxidation sites excluding steroid dienone is 1. The molecule has 110 valence electrons. The molecular formula is C18H20O3. The quantitative estimate of drug-likeness (QED) is 0.623. The Hall–Kier alpha value is -2.29. The van der Waals surface area contributed by atoms with Gasteiger partial charge in [-0.25, -0.2) is 4.79 Å². The minimum Gasteiger partial charge on any atom is -0.497 e. The fraction of sp³-hybridized carbons (Fsp3) is 0.278. The summed E-state index contributed by atoms with van der Waals surface area (Å²) < 4.78 is 10.3. The standard InChI is InChI=1S/C18H20O3/c1-5-21-18(19)13(3)12(2)14-6-7-16-11-17(20-4)9-8-15(16)10-14/h6-11H,5H2,1-4H3/b13-12-. The fourth-order valence-corrected chi connectivity index (χ4v) is 2.19. The second kappa shape index (κ2) is 6.44. The maximum Gasteiger partial charge on any atom is 0.333 e. The molecule has 3 nitrogen and oxygen atoms in total. The van der Waals surface area contributed by atoms with E-state index in [0.717, 1.165) is 27.7 Å². The number of hydrogen-bond donors (Lipinski definition) is 0. The fourth-order valence-electron chi connectivity index (χ4n) is 2.19. The van der Waals surface area contributed by atoms with Gasteiger partial charge in [-0.1, -0.05) is 18.2 Å². The Bertz CT molecular complexity index is 699. The molecule has 0 aromatic heterocycles. The van der Waals surface area contributed by atoms with Crippen molar-refractivity contribution in [1.29, 1.82) is 0 Å². The van der Waals surface area contributed by atoms with Gasteiger partial charge in [-0.05, 0) is 60.9 Å². The van der Waals surface area contributed by atoms with E-state index in [1.165, 1.54) is 0 Å². The van der Waals surface area contributed by atoms with Crippen molar-refractivity contribution in [3.05, 3.63) is 47.5 Å². The Morgan fingerprint density at radius 1 is 1.05 bits per heavy atom. The van der Waals surface area contributed by atoms with Crippen LogP contribution in [0.3, 0.4) is 0 Å². The molecule has 0 spiro atoms. The molecule has 0 radical (unpaired) electrons. The molecule has 3 heteroatoms. The molecule has 0 aliphatic carbocycles. The van der Waals surface area contributed by atoms with Crippen molar-refractivity contribution in [3.63, 3.8) is 0 Å². The van der Waals surface area contributed by atoms with Crippen LogP contribution in [0.2, 0.25) is 0 Å². The number of benzene rings is 2. The van der Waals surface area contributed by atoms with Crippen LogP contribution in [0.4, 0.5) is 0 Å². The molecule has 0 N–H and O–H groups in total. The van der Waals surface area contributed by atoms with E-state index in [2.05, 4.69) is 6.07 Å². The zero-order valence-electron chi connectivity index (χ0n) is 12.9. The normalized spacial score (nSPS) is 12.0. The molecule has 0 fully saturated rings. The molecule has 0 amide bonds. The first-order valence-corrected chi connectivity index (χ1v) is 6.99. The molecule has 2 aromatic carbocycles. The van der Waals surface area contributed by atoms with Crippen LogP contribution in [0.25, 0.3) is 16.3 Å². The number of hydrogen-bond acceptors (Lipinski definition) is 3. The number of ether oxygens (including phenoxy) is 2. The summed E-state index contributed by atoms with van der Waals surface area (Å²) in [4.78, 5) is 11.8. The zero-order valence-corrected chi connectivity index (χ0v) is 12.9. The van der Waals surface area contributed by atoms with Crippen LogP contribution in [0.5, 0.6) is 5.75 Å². The van der Waals surface area contributed by atoms with Crippen LogP contribution < -0.4 is 4.74 Å². The lowest BCUT2D eigenvalue weighted by atomic mass is 9.99. The van der Waals surface area contributed by atoms with Gasteiger partial charge in [0, 0.05) is 5.57 Å². The lowest BCUT2D eigenvalue weighted by molar-refractivity contribution is -0.138. The van der Waals surface area contributed by atoms with E-state index in [0.29, 0.717) is 12.2 Å². The van der Waals surface area contributed by atoms with Crippen LogP contribution in [0.1, 0.15) is 26.3 Å². The van der Waals surface area contributed by atoms with E-state index >= 15 is 0 Å². The average Bonchev–Trinajstić information content (AvgIpc) is 2.52. The molecule has 0 aliphatic heterocycles. The molecule has 0 aliphatic rings. The second-order valence-electron chi connectivity index (χ2n) is 4.90. The lowest BCUT2D eigenvalue weighted by Gasteiger charge is -2.09. The maximum atomic E-state index is 11.8. The van der Waals surface area contributed by atoms with Gasteiger partial charge in [0.15, 0.2) is 0 Å². The minimum atomic E-state index is -0.259. The number of rotatable bonds is 4. The average molecular weight is 284 g/mol. The number of fused-ring (bicyclic) bond motifs is 1. The Balaban J connectivity index is 2.43. The Morgan fingerprint density at radius 2 is 1.71 bits per heavy atom. The van der Waals surface area contributed by atoms with Crippen LogP contribution in [0, 0.1) is 0 Å². The predicted octanol–water partition coefficient (Wildman–Crippen LogP) is 4.20. The van der Waals surface area contributed by atoms with E-state index < -0.39 is 0 Å². The molecule has 21 heavy (non-hydrogen) atoms. The summed E-state index contributed by atoms with van der Waals surface area (Å²) in [5, 5.41) is 2.23. The number of esters is 1. The second-order valence-corrected chi connectivity index (χ2v) is 4.90. The molecule has 2 aromatic rings. The van der Waals surface area contributed by atoms with Crippen molar-refractivity contribution in [2.24, 2.45) is 0 Å². The number of carbonyl (C=O) groups excluding carboxylic acids is 1. The Kier molecular flexibility index (Phi) is 4.63. The predicted molar refractivity (Wildman–Crippen MR) is 85.4 cm³/mol. The Labute approximate surface area is 125 Å². The lowest BCUT2D eigenvalue weighted by Crippen LogP contribution is -2.06. The van der Waals surface area contributed by atoms with Gasteiger partial charge in [0.05, 0.1) is 13.7 Å². The SMILES string of the molecule is CCOC(=O)/C(C)=C(/C)c1ccc2cc(OC)ccc2c1. The van der Waals surface area contributed by atoms with Gasteiger partial charge in [0.1, 0.15) is 5.75 Å². The highest BCUT2D eigenvalue weighted by Crippen LogP contribution is 2.26. The van der Waals surface area contributed by atoms with Crippen molar-refractivity contribution >= 4 is 22.3 Å². The first-order chi connectivity index (χ1) is 10.1. The van der Waals surface area contributed by atoms with Gasteiger partial charge < -0.3 is 9.47 Å². The summed E-state index contributed by atoms with van der Waals surface area (Å²) in [6.45, 7) is 5.94. The summed E-state index contributed by atoms with van der Waals surface area (Å²) in [5.74, 6) is 0.579. The highest BCUT2D eigenvalue weighted by molar-refractivity contribution is 5.98. The molecule has 0 heterocycles. The third kappa shape index (κ3) is 3.24. The van der Waals surface area contributed by atoms with Gasteiger partial charge in [0.2, 0.25) is 0 Å². The van der Waals surface area contributed by atoms with Crippen LogP contribution in [0.15, 0.2) is 42.0 Å².